The number of rotatable bonds is 4. The molecule has 1 aromatic carbocycles. The van der Waals surface area contributed by atoms with Gasteiger partial charge in [-0.25, -0.2) is 0 Å². The summed E-state index contributed by atoms with van der Waals surface area (Å²) < 4.78 is 6.96. The highest BCUT2D eigenvalue weighted by atomic mass is 32.2. The van der Waals surface area contributed by atoms with Crippen molar-refractivity contribution in [1.82, 2.24) is 20.2 Å². The number of nitrogens with zero attached hydrogens (tertiary/aromatic N) is 4. The zero-order valence-corrected chi connectivity index (χ0v) is 9.94. The second-order valence-corrected chi connectivity index (χ2v) is 4.21. The fourth-order valence-electron chi connectivity index (χ4n) is 1.35. The molecule has 16 heavy (non-hydrogen) atoms. The van der Waals surface area contributed by atoms with Crippen LogP contribution in [0.3, 0.4) is 0 Å². The van der Waals surface area contributed by atoms with Crippen molar-refractivity contribution in [2.24, 2.45) is 0 Å². The first-order valence-corrected chi connectivity index (χ1v) is 5.90. The number of benzene rings is 1. The molecule has 5 nitrogen and oxygen atoms in total. The van der Waals surface area contributed by atoms with Crippen LogP contribution in [0.2, 0.25) is 0 Å². The summed E-state index contributed by atoms with van der Waals surface area (Å²) in [5.74, 6) is 1.68. The Labute approximate surface area is 97.8 Å². The van der Waals surface area contributed by atoms with Crippen molar-refractivity contribution in [3.05, 3.63) is 24.3 Å². The van der Waals surface area contributed by atoms with E-state index in [0.29, 0.717) is 0 Å². The van der Waals surface area contributed by atoms with Gasteiger partial charge in [-0.15, -0.1) is 5.10 Å². The monoisotopic (exact) mass is 236 g/mol. The summed E-state index contributed by atoms with van der Waals surface area (Å²) in [6, 6.07) is 7.66. The summed E-state index contributed by atoms with van der Waals surface area (Å²) in [5, 5.41) is 12.4. The summed E-state index contributed by atoms with van der Waals surface area (Å²) in [6.07, 6.45) is 0. The Morgan fingerprint density at radius 2 is 2.19 bits per heavy atom. The van der Waals surface area contributed by atoms with Crippen LogP contribution in [0.4, 0.5) is 0 Å². The molecule has 0 fully saturated rings. The molecule has 0 aliphatic carbocycles. The zero-order valence-electron chi connectivity index (χ0n) is 9.12. The molecule has 0 saturated carbocycles. The second kappa shape index (κ2) is 4.98. The molecule has 1 aromatic heterocycles. The lowest BCUT2D eigenvalue weighted by Gasteiger charge is -2.08. The van der Waals surface area contributed by atoms with Gasteiger partial charge in [0.05, 0.1) is 7.11 Å². The van der Waals surface area contributed by atoms with Gasteiger partial charge in [0.2, 0.25) is 5.16 Å². The van der Waals surface area contributed by atoms with Crippen LogP contribution in [-0.2, 0) is 0 Å². The molecule has 1 heterocycles. The molecule has 2 rings (SSSR count). The SMILES string of the molecule is CCSc1nnnn1-c1ccccc1OC. The number of hydrogen-bond donors (Lipinski definition) is 0. The Morgan fingerprint density at radius 3 is 2.94 bits per heavy atom. The molecule has 0 atom stereocenters. The number of thioether (sulfide) groups is 1. The third-order valence-electron chi connectivity index (χ3n) is 2.03. The van der Waals surface area contributed by atoms with Gasteiger partial charge < -0.3 is 4.74 Å². The van der Waals surface area contributed by atoms with E-state index < -0.39 is 0 Å². The van der Waals surface area contributed by atoms with Gasteiger partial charge in [-0.05, 0) is 28.3 Å². The van der Waals surface area contributed by atoms with E-state index in [-0.39, 0.29) is 0 Å². The standard InChI is InChI=1S/C10H12N4OS/c1-3-16-10-11-12-13-14(10)8-6-4-5-7-9(8)15-2/h4-7H,3H2,1-2H3. The van der Waals surface area contributed by atoms with Crippen LogP contribution >= 0.6 is 11.8 Å². The first kappa shape index (κ1) is 10.9. The van der Waals surface area contributed by atoms with Gasteiger partial charge in [-0.1, -0.05) is 30.8 Å². The van der Waals surface area contributed by atoms with E-state index in [4.69, 9.17) is 4.74 Å². The van der Waals surface area contributed by atoms with Crippen molar-refractivity contribution < 1.29 is 4.74 Å². The van der Waals surface area contributed by atoms with Crippen molar-refractivity contribution >= 4 is 11.8 Å². The summed E-state index contributed by atoms with van der Waals surface area (Å²) in [4.78, 5) is 0. The van der Waals surface area contributed by atoms with E-state index in [1.165, 1.54) is 0 Å². The van der Waals surface area contributed by atoms with Crippen LogP contribution in [0.1, 0.15) is 6.92 Å². The van der Waals surface area contributed by atoms with Crippen LogP contribution < -0.4 is 4.74 Å². The highest BCUT2D eigenvalue weighted by molar-refractivity contribution is 7.99. The van der Waals surface area contributed by atoms with Gasteiger partial charge >= 0.3 is 0 Å². The molecule has 0 unspecified atom stereocenters. The first-order valence-electron chi connectivity index (χ1n) is 4.91. The molecular weight excluding hydrogens is 224 g/mol. The van der Waals surface area contributed by atoms with Crippen molar-refractivity contribution in [1.29, 1.82) is 0 Å². The second-order valence-electron chi connectivity index (χ2n) is 2.98. The van der Waals surface area contributed by atoms with Crippen LogP contribution in [0, 0.1) is 0 Å². The predicted molar refractivity (Wildman–Crippen MR) is 62.1 cm³/mol. The van der Waals surface area contributed by atoms with Gasteiger partial charge in [0.1, 0.15) is 11.4 Å². The molecule has 0 bridgehead atoms. The summed E-state index contributed by atoms with van der Waals surface area (Å²) in [5.41, 5.74) is 0.853. The Balaban J connectivity index is 2.45. The molecule has 0 radical (unpaired) electrons. The van der Waals surface area contributed by atoms with Crippen LogP contribution in [0.15, 0.2) is 29.4 Å². The minimum absolute atomic E-state index is 0.757. The van der Waals surface area contributed by atoms with Crippen LogP contribution in [0.5, 0.6) is 5.75 Å². The van der Waals surface area contributed by atoms with E-state index in [0.717, 1.165) is 22.3 Å². The normalized spacial score (nSPS) is 10.4. The van der Waals surface area contributed by atoms with Gasteiger partial charge in [0.25, 0.3) is 0 Å². The molecule has 0 saturated heterocycles. The molecule has 0 N–H and O–H groups in total. The Hall–Kier alpha value is -1.56. The van der Waals surface area contributed by atoms with Crippen molar-refractivity contribution in [3.8, 4) is 11.4 Å². The summed E-state index contributed by atoms with van der Waals surface area (Å²) in [7, 11) is 1.63. The third-order valence-corrected chi connectivity index (χ3v) is 2.83. The lowest BCUT2D eigenvalue weighted by molar-refractivity contribution is 0.410. The van der Waals surface area contributed by atoms with Crippen molar-refractivity contribution in [3.63, 3.8) is 0 Å². The molecule has 84 valence electrons. The molecule has 0 amide bonds. The lowest BCUT2D eigenvalue weighted by Crippen LogP contribution is -2.01. The fraction of sp³-hybridized carbons (Fsp3) is 0.300. The quantitative estimate of drug-likeness (QED) is 0.757. The highest BCUT2D eigenvalue weighted by Gasteiger charge is 2.11. The Bertz CT molecular complexity index is 471. The predicted octanol–water partition coefficient (Wildman–Crippen LogP) is 1.78. The molecule has 0 aliphatic heterocycles. The number of methoxy groups -OCH3 is 1. The molecular formula is C10H12N4OS. The van der Waals surface area contributed by atoms with Crippen LogP contribution in [0.25, 0.3) is 5.69 Å². The number of tetrazole rings is 1. The third kappa shape index (κ3) is 2.01. The topological polar surface area (TPSA) is 52.8 Å². The maximum Gasteiger partial charge on any atom is 0.214 e. The minimum Gasteiger partial charge on any atom is -0.494 e. The zero-order chi connectivity index (χ0) is 11.4. The summed E-state index contributed by atoms with van der Waals surface area (Å²) in [6.45, 7) is 2.06. The average molecular weight is 236 g/mol. The van der Waals surface area contributed by atoms with E-state index in [1.807, 2.05) is 24.3 Å². The van der Waals surface area contributed by atoms with E-state index >= 15 is 0 Å². The average Bonchev–Trinajstić information content (AvgIpc) is 2.77. The lowest BCUT2D eigenvalue weighted by atomic mass is 10.3. The minimum atomic E-state index is 0.757. The summed E-state index contributed by atoms with van der Waals surface area (Å²) >= 11 is 1.59. The molecule has 0 spiro atoms. The molecule has 6 heteroatoms. The van der Waals surface area contributed by atoms with Gasteiger partial charge in [0, 0.05) is 0 Å². The van der Waals surface area contributed by atoms with E-state index in [2.05, 4.69) is 22.4 Å². The number of hydrogen-bond acceptors (Lipinski definition) is 5. The smallest absolute Gasteiger partial charge is 0.214 e. The molecule has 0 aliphatic rings. The number of ether oxygens (including phenoxy) is 1. The highest BCUT2D eigenvalue weighted by Crippen LogP contribution is 2.25. The molecule has 2 aromatic rings. The maximum atomic E-state index is 5.28. The van der Waals surface area contributed by atoms with Gasteiger partial charge in [0.15, 0.2) is 0 Å². The van der Waals surface area contributed by atoms with E-state index in [9.17, 15) is 0 Å². The Morgan fingerprint density at radius 1 is 1.38 bits per heavy atom. The first-order chi connectivity index (χ1) is 7.86. The van der Waals surface area contributed by atoms with Gasteiger partial charge in [-0.2, -0.15) is 4.68 Å². The number of para-hydroxylation sites is 2. The van der Waals surface area contributed by atoms with Crippen molar-refractivity contribution in [2.45, 2.75) is 12.1 Å². The largest absolute Gasteiger partial charge is 0.494 e. The van der Waals surface area contributed by atoms with E-state index in [1.54, 1.807) is 23.6 Å². The van der Waals surface area contributed by atoms with Crippen molar-refractivity contribution in [2.75, 3.05) is 12.9 Å². The van der Waals surface area contributed by atoms with Crippen LogP contribution in [-0.4, -0.2) is 33.1 Å². The number of aromatic nitrogens is 4. The van der Waals surface area contributed by atoms with Gasteiger partial charge in [-0.3, -0.25) is 0 Å². The Kier molecular flexibility index (Phi) is 3.40. The maximum absolute atomic E-state index is 5.28. The fourth-order valence-corrected chi connectivity index (χ4v) is 1.96.